The Bertz CT molecular complexity index is 8.00. The Balaban J connectivity index is 0. The largest absolute Gasteiger partial charge is 0.0125 e. The summed E-state index contributed by atoms with van der Waals surface area (Å²) in [5, 5.41) is 0. The summed E-state index contributed by atoms with van der Waals surface area (Å²) < 4.78 is 0. The van der Waals surface area contributed by atoms with E-state index in [2.05, 4.69) is 0 Å². The molecule has 0 heterocycles. The fourth-order valence-electron chi connectivity index (χ4n) is 0. The first-order valence-electron chi connectivity index (χ1n) is 0. The van der Waals surface area contributed by atoms with Crippen LogP contribution in [0, 0.1) is 0 Å². The molecule has 0 unspecified atom stereocenters. The molecule has 0 N–H and O–H groups in total. The summed E-state index contributed by atoms with van der Waals surface area (Å²) in [6.45, 7) is 0. The molecule has 0 nitrogen and oxygen atoms in total. The maximum atomic E-state index is 0. The van der Waals surface area contributed by atoms with Crippen molar-refractivity contribution in [1.29, 1.82) is 0 Å². The van der Waals surface area contributed by atoms with E-state index >= 15 is 0 Å². The third-order valence-corrected chi connectivity index (χ3v) is 0. The van der Waals surface area contributed by atoms with Gasteiger partial charge in [0.2, 0.25) is 0 Å². The van der Waals surface area contributed by atoms with Crippen LogP contribution in [0.2, 0.25) is 0 Å². The van der Waals surface area contributed by atoms with Gasteiger partial charge in [0, 0.05) is 59.2 Å². The van der Waals surface area contributed by atoms with Gasteiger partial charge in [-0.25, -0.2) is 0 Å². The fourth-order valence-corrected chi connectivity index (χ4v) is 0. The Kier molecular flexibility index (Phi) is 173. The van der Waals surface area contributed by atoms with E-state index in [0.717, 1.165) is 0 Å². The molecular weight excluding hydrogens is 364 g/mol. The van der Waals surface area contributed by atoms with Crippen LogP contribution in [0.15, 0.2) is 0 Å². The van der Waals surface area contributed by atoms with Crippen molar-refractivity contribution in [3.05, 3.63) is 0 Å². The molecule has 0 aliphatic carbocycles. The predicted molar refractivity (Wildman–Crippen MR) is 9.94 cm³/mol. The van der Waals surface area contributed by atoms with E-state index in [1.807, 2.05) is 0 Å². The zero-order chi connectivity index (χ0) is 0. The minimum absolute atomic E-state index is 0. The van der Waals surface area contributed by atoms with Gasteiger partial charge in [0.25, 0.3) is 0 Å². The molecule has 4 heavy (non-hydrogen) atoms. The Morgan fingerprint density at radius 2 is 1.00 bits per heavy atom. The molecule has 0 rings (SSSR count). The summed E-state index contributed by atoms with van der Waals surface area (Å²) >= 11 is 0. The zero-order valence-electron chi connectivity index (χ0n) is 2.17. The van der Waals surface area contributed by atoms with Gasteiger partial charge in [-0.1, -0.05) is 0 Å². The second-order valence-corrected chi connectivity index (χ2v) is 0. The number of rotatable bonds is 0. The molecule has 1 radical (unpaired) electrons. The first-order valence-corrected chi connectivity index (χ1v) is 0. The van der Waals surface area contributed by atoms with Crippen LogP contribution in [0.1, 0.15) is 0 Å². The Hall–Kier alpha value is 2.11. The van der Waals surface area contributed by atoms with E-state index in [4.69, 9.17) is 0 Å². The molecule has 27 valence electrons. The van der Waals surface area contributed by atoms with E-state index in [0.29, 0.717) is 0 Å². The van der Waals surface area contributed by atoms with Gasteiger partial charge in [-0.15, -0.1) is 0 Å². The molecule has 0 atom stereocenters. The van der Waals surface area contributed by atoms with Crippen LogP contribution in [-0.4, -0.2) is 11.0 Å². The molecule has 0 aliphatic rings. The Morgan fingerprint density at radius 1 is 1.00 bits per heavy atom. The van der Waals surface area contributed by atoms with Gasteiger partial charge in [-0.3, -0.25) is 0 Å². The van der Waals surface area contributed by atoms with E-state index in [9.17, 15) is 0 Å². The van der Waals surface area contributed by atoms with Gasteiger partial charge >= 0.3 is 0 Å². The smallest absolute Gasteiger partial charge is 0 e. The van der Waals surface area contributed by atoms with E-state index in [-0.39, 0.29) is 70.2 Å². The molecule has 0 aromatic rings. The van der Waals surface area contributed by atoms with Crippen molar-refractivity contribution >= 4 is 11.0 Å². The minimum atomic E-state index is 0. The maximum absolute atomic E-state index is 0. The number of hydrogen-bond donors (Lipinski definition) is 0. The molecule has 0 bridgehead atoms. The van der Waals surface area contributed by atoms with Crippen LogP contribution in [0.25, 0.3) is 0 Å². The monoisotopic (exact) mass is 369 g/mol. The molecule has 0 aliphatic heterocycles. The SMILES string of the molecule is [Fe].[Mo].[SiH3].[W]. The van der Waals surface area contributed by atoms with Crippen molar-refractivity contribution in [1.82, 2.24) is 0 Å². The van der Waals surface area contributed by atoms with E-state index < -0.39 is 0 Å². The average molecular weight is 367 g/mol. The third-order valence-electron chi connectivity index (χ3n) is 0. The van der Waals surface area contributed by atoms with Crippen LogP contribution < -0.4 is 0 Å². The van der Waals surface area contributed by atoms with Crippen LogP contribution >= 0.6 is 0 Å². The fraction of sp³-hybridized carbons (Fsp3) is 0. The van der Waals surface area contributed by atoms with Gasteiger partial charge in [-0.05, 0) is 11.0 Å². The maximum Gasteiger partial charge on any atom is 0 e. The molecule has 0 saturated heterocycles. The summed E-state index contributed by atoms with van der Waals surface area (Å²) in [6, 6.07) is 0. The molecular formula is H3FeMoSiW. The van der Waals surface area contributed by atoms with E-state index in [1.165, 1.54) is 0 Å². The predicted octanol–water partition coefficient (Wildman–Crippen LogP) is -1.19. The quantitative estimate of drug-likeness (QED) is 0.473. The van der Waals surface area contributed by atoms with Crippen molar-refractivity contribution < 1.29 is 59.2 Å². The normalized spacial score (nSPS) is 0. The summed E-state index contributed by atoms with van der Waals surface area (Å²) in [5.41, 5.74) is 0. The molecule has 0 saturated carbocycles. The Labute approximate surface area is 69.5 Å². The van der Waals surface area contributed by atoms with Crippen molar-refractivity contribution in [2.45, 2.75) is 0 Å². The first kappa shape index (κ1) is 35.8. The standard InChI is InChI=1S/Fe.Mo.H3Si.W/h;;1H3;. The summed E-state index contributed by atoms with van der Waals surface area (Å²) in [5.74, 6) is 0. The summed E-state index contributed by atoms with van der Waals surface area (Å²) in [7, 11) is 0. The van der Waals surface area contributed by atoms with Gasteiger partial charge in [-0.2, -0.15) is 0 Å². The van der Waals surface area contributed by atoms with Gasteiger partial charge in [0.15, 0.2) is 0 Å². The van der Waals surface area contributed by atoms with Crippen LogP contribution in [0.4, 0.5) is 0 Å². The molecule has 0 fully saturated rings. The Morgan fingerprint density at radius 3 is 1.00 bits per heavy atom. The van der Waals surface area contributed by atoms with Gasteiger partial charge in [0.1, 0.15) is 0 Å². The molecule has 0 spiro atoms. The third kappa shape index (κ3) is 8.93. The summed E-state index contributed by atoms with van der Waals surface area (Å²) in [4.78, 5) is 0. The van der Waals surface area contributed by atoms with Gasteiger partial charge in [0.05, 0.1) is 0 Å². The van der Waals surface area contributed by atoms with E-state index in [1.54, 1.807) is 0 Å². The van der Waals surface area contributed by atoms with Gasteiger partial charge < -0.3 is 0 Å². The molecule has 0 aromatic carbocycles. The molecule has 0 amide bonds. The second kappa shape index (κ2) is 19.4. The molecule has 0 aromatic heterocycles. The van der Waals surface area contributed by atoms with Crippen molar-refractivity contribution in [2.24, 2.45) is 0 Å². The van der Waals surface area contributed by atoms with Crippen LogP contribution in [0.5, 0.6) is 0 Å². The van der Waals surface area contributed by atoms with Crippen molar-refractivity contribution in [2.75, 3.05) is 0 Å². The molecule has 4 heteroatoms. The van der Waals surface area contributed by atoms with Crippen LogP contribution in [0.3, 0.4) is 0 Å². The zero-order valence-corrected chi connectivity index (χ0v) is 10.2. The average Bonchev–Trinajstić information content (AvgIpc) is 0. The van der Waals surface area contributed by atoms with Crippen molar-refractivity contribution in [3.63, 3.8) is 0 Å². The number of hydrogen-bond acceptors (Lipinski definition) is 0. The van der Waals surface area contributed by atoms with Crippen molar-refractivity contribution in [3.8, 4) is 0 Å². The minimum Gasteiger partial charge on any atom is -0.0125 e. The summed E-state index contributed by atoms with van der Waals surface area (Å²) in [6.07, 6.45) is 0. The second-order valence-electron chi connectivity index (χ2n) is 0. The topological polar surface area (TPSA) is 0 Å². The van der Waals surface area contributed by atoms with Crippen LogP contribution in [-0.2, 0) is 59.2 Å². The first-order chi connectivity index (χ1) is 0.